The minimum absolute atomic E-state index is 0.623. The zero-order valence-electron chi connectivity index (χ0n) is 17.3. The van der Waals surface area contributed by atoms with E-state index in [2.05, 4.69) is 63.7 Å². The van der Waals surface area contributed by atoms with Crippen molar-refractivity contribution in [3.05, 3.63) is 66.1 Å². The molecule has 4 N–H and O–H groups in total. The second kappa shape index (κ2) is 11.2. The van der Waals surface area contributed by atoms with Crippen LogP contribution in [0.3, 0.4) is 0 Å². The molecule has 3 aromatic rings. The molecule has 30 heavy (non-hydrogen) atoms. The molecule has 0 saturated heterocycles. The molecule has 1 aromatic carbocycles. The van der Waals surface area contributed by atoms with Gasteiger partial charge in [-0.25, -0.2) is 4.98 Å². The third-order valence-corrected chi connectivity index (χ3v) is 5.47. The number of hydrogen-bond donors (Lipinski definition) is 2. The van der Waals surface area contributed by atoms with Gasteiger partial charge >= 0.3 is 0 Å². The highest BCUT2D eigenvalue weighted by Crippen LogP contribution is 2.31. The molecule has 158 valence electrons. The molecule has 6 nitrogen and oxygen atoms in total. The molecular weight excluding hydrogens is 487 g/mol. The molecule has 0 bridgehead atoms. The van der Waals surface area contributed by atoms with Gasteiger partial charge in [0, 0.05) is 48.6 Å². The van der Waals surface area contributed by atoms with Crippen molar-refractivity contribution in [3.8, 4) is 17.1 Å². The van der Waals surface area contributed by atoms with Gasteiger partial charge in [-0.15, -0.1) is 0 Å². The van der Waals surface area contributed by atoms with Crippen molar-refractivity contribution in [1.29, 1.82) is 0 Å². The summed E-state index contributed by atoms with van der Waals surface area (Å²) < 4.78 is 3.08. The Hall–Kier alpha value is -2.23. The summed E-state index contributed by atoms with van der Waals surface area (Å²) in [4.78, 5) is 11.4. The molecule has 7 heteroatoms. The van der Waals surface area contributed by atoms with Crippen molar-refractivity contribution in [3.63, 3.8) is 0 Å². The molecule has 2 aromatic heterocycles. The van der Waals surface area contributed by atoms with Crippen LogP contribution < -0.4 is 11.5 Å². The van der Waals surface area contributed by atoms with Crippen LogP contribution in [0.1, 0.15) is 18.2 Å². The average Bonchev–Trinajstić information content (AvgIpc) is 3.10. The van der Waals surface area contributed by atoms with Crippen molar-refractivity contribution in [2.24, 2.45) is 5.73 Å². The fourth-order valence-corrected chi connectivity index (χ4v) is 4.15. The number of nitrogen functional groups attached to an aromatic ring is 1. The van der Waals surface area contributed by atoms with Crippen LogP contribution in [0.15, 0.2) is 54.9 Å². The molecule has 0 unspecified atom stereocenters. The van der Waals surface area contributed by atoms with Crippen LogP contribution in [0, 0.1) is 0 Å². The van der Waals surface area contributed by atoms with Crippen LogP contribution in [-0.2, 0) is 6.42 Å². The van der Waals surface area contributed by atoms with E-state index in [1.165, 1.54) is 5.56 Å². The number of halogens is 1. The summed E-state index contributed by atoms with van der Waals surface area (Å²) in [6, 6.07) is 12.3. The molecule has 0 aliphatic heterocycles. The second-order valence-electron chi connectivity index (χ2n) is 6.94. The van der Waals surface area contributed by atoms with Gasteiger partial charge in [-0.05, 0) is 30.2 Å². The quantitative estimate of drug-likeness (QED) is 0.317. The summed E-state index contributed by atoms with van der Waals surface area (Å²) in [5.74, 6) is 1.47. The van der Waals surface area contributed by atoms with E-state index in [0.29, 0.717) is 12.4 Å². The van der Waals surface area contributed by atoms with Crippen molar-refractivity contribution >= 4 is 34.5 Å². The number of aromatic nitrogens is 3. The maximum Gasteiger partial charge on any atom is 0.147 e. The van der Waals surface area contributed by atoms with E-state index in [9.17, 15) is 0 Å². The summed E-state index contributed by atoms with van der Waals surface area (Å²) in [5.41, 5.74) is 16.4. The Morgan fingerprint density at radius 1 is 1.13 bits per heavy atom. The van der Waals surface area contributed by atoms with Gasteiger partial charge in [0.05, 0.1) is 5.69 Å². The number of nitrogens with zero attached hydrogens (tertiary/aromatic N) is 4. The molecule has 2 heterocycles. The summed E-state index contributed by atoms with van der Waals surface area (Å²) in [5, 5.41) is 0. The molecule has 0 saturated carbocycles. The zero-order valence-corrected chi connectivity index (χ0v) is 19.5. The number of anilines is 1. The summed E-state index contributed by atoms with van der Waals surface area (Å²) >= 11 is 2.39. The van der Waals surface area contributed by atoms with Gasteiger partial charge in [0.25, 0.3) is 0 Å². The number of nitrogens with two attached hydrogens (primary N) is 2. The largest absolute Gasteiger partial charge is 0.383 e. The number of imidazole rings is 1. The lowest BCUT2D eigenvalue weighted by Crippen LogP contribution is -2.31. The van der Waals surface area contributed by atoms with Crippen LogP contribution in [0.2, 0.25) is 0 Å². The highest BCUT2D eigenvalue weighted by Gasteiger charge is 2.18. The van der Waals surface area contributed by atoms with E-state index in [0.717, 1.165) is 53.3 Å². The predicted molar refractivity (Wildman–Crippen MR) is 134 cm³/mol. The van der Waals surface area contributed by atoms with Crippen molar-refractivity contribution < 1.29 is 0 Å². The number of aryl methyl sites for hydroxylation is 1. The minimum atomic E-state index is 0.623. The first kappa shape index (κ1) is 22.5. The number of hydrogen-bond acceptors (Lipinski definition) is 5. The molecule has 3 rings (SSSR count). The maximum absolute atomic E-state index is 6.59. The van der Waals surface area contributed by atoms with E-state index in [1.54, 1.807) is 12.4 Å². The van der Waals surface area contributed by atoms with E-state index in [4.69, 9.17) is 16.5 Å². The average molecular weight is 516 g/mol. The molecule has 0 atom stereocenters. The monoisotopic (exact) mass is 516 g/mol. The van der Waals surface area contributed by atoms with Crippen LogP contribution in [-0.4, -0.2) is 50.0 Å². The van der Waals surface area contributed by atoms with E-state index in [1.807, 2.05) is 28.8 Å². The number of rotatable bonds is 10. The molecule has 0 aliphatic rings. The number of benzene rings is 1. The maximum atomic E-state index is 6.59. The van der Waals surface area contributed by atoms with Gasteiger partial charge < -0.3 is 11.5 Å². The van der Waals surface area contributed by atoms with Crippen LogP contribution in [0.5, 0.6) is 0 Å². The van der Waals surface area contributed by atoms with Gasteiger partial charge in [-0.3, -0.25) is 14.5 Å². The van der Waals surface area contributed by atoms with Crippen molar-refractivity contribution in [1.82, 2.24) is 19.4 Å². The Balaban J connectivity index is 2.02. The SMILES string of the molecule is CCc1ccccc1-c1nc(/C=C\CN(CCN)CCI)c(N)n1-c1ccncc1. The second-order valence-corrected chi connectivity index (χ2v) is 8.02. The van der Waals surface area contributed by atoms with Crippen LogP contribution in [0.4, 0.5) is 5.82 Å². The van der Waals surface area contributed by atoms with Crippen LogP contribution in [0.25, 0.3) is 23.2 Å². The lowest BCUT2D eigenvalue weighted by Gasteiger charge is -2.17. The molecular formula is C23H29IN6. The number of alkyl halides is 1. The van der Waals surface area contributed by atoms with Gasteiger partial charge in [-0.1, -0.05) is 59.9 Å². The Kier molecular flexibility index (Phi) is 8.41. The highest BCUT2D eigenvalue weighted by atomic mass is 127. The van der Waals surface area contributed by atoms with Crippen molar-refractivity contribution in [2.45, 2.75) is 13.3 Å². The van der Waals surface area contributed by atoms with Gasteiger partial charge in [0.1, 0.15) is 17.3 Å². The minimum Gasteiger partial charge on any atom is -0.383 e. The van der Waals surface area contributed by atoms with E-state index >= 15 is 0 Å². The summed E-state index contributed by atoms with van der Waals surface area (Å²) in [6.07, 6.45) is 8.60. The lowest BCUT2D eigenvalue weighted by atomic mass is 10.0. The summed E-state index contributed by atoms with van der Waals surface area (Å²) in [7, 11) is 0. The zero-order chi connectivity index (χ0) is 21.3. The fraction of sp³-hybridized carbons (Fsp3) is 0.304. The van der Waals surface area contributed by atoms with Crippen molar-refractivity contribution in [2.75, 3.05) is 36.3 Å². The lowest BCUT2D eigenvalue weighted by molar-refractivity contribution is 0.333. The first-order chi connectivity index (χ1) is 14.7. The molecule has 0 amide bonds. The third kappa shape index (κ3) is 5.27. The molecule has 0 aliphatic carbocycles. The standard InChI is InChI=1S/C23H29IN6/c1-2-18-6-3-4-7-20(18)23-28-21(8-5-15-29(16-11-24)17-12-25)22(26)30(23)19-9-13-27-14-10-19/h3-10,13-14H,2,11-12,15-17,25-26H2,1H3/b8-5-. The third-order valence-electron chi connectivity index (χ3n) is 4.99. The van der Waals surface area contributed by atoms with Gasteiger partial charge in [0.2, 0.25) is 0 Å². The Labute approximate surface area is 192 Å². The van der Waals surface area contributed by atoms with E-state index in [-0.39, 0.29) is 0 Å². The Bertz CT molecular complexity index is 961. The highest BCUT2D eigenvalue weighted by molar-refractivity contribution is 14.1. The first-order valence-electron chi connectivity index (χ1n) is 10.2. The first-order valence-corrected chi connectivity index (χ1v) is 11.7. The van der Waals surface area contributed by atoms with Gasteiger partial charge in [0.15, 0.2) is 0 Å². The topological polar surface area (TPSA) is 86.0 Å². The van der Waals surface area contributed by atoms with Crippen LogP contribution >= 0.6 is 22.6 Å². The Morgan fingerprint density at radius 3 is 2.60 bits per heavy atom. The number of pyridine rings is 1. The van der Waals surface area contributed by atoms with Gasteiger partial charge in [-0.2, -0.15) is 0 Å². The molecule has 0 fully saturated rings. The summed E-state index contributed by atoms with van der Waals surface area (Å²) in [6.45, 7) is 5.52. The molecule has 0 radical (unpaired) electrons. The molecule has 0 spiro atoms. The normalized spacial score (nSPS) is 11.6. The fourth-order valence-electron chi connectivity index (χ4n) is 3.46. The Morgan fingerprint density at radius 2 is 1.90 bits per heavy atom. The predicted octanol–water partition coefficient (Wildman–Crippen LogP) is 3.79. The smallest absolute Gasteiger partial charge is 0.147 e. The van der Waals surface area contributed by atoms with E-state index < -0.39 is 0 Å².